The predicted octanol–water partition coefficient (Wildman–Crippen LogP) is -1.01. The van der Waals surface area contributed by atoms with E-state index in [1.807, 2.05) is 0 Å². The first-order valence-corrected chi connectivity index (χ1v) is 3.43. The van der Waals surface area contributed by atoms with Crippen molar-refractivity contribution in [2.45, 2.75) is 6.04 Å². The fraction of sp³-hybridized carbons (Fsp3) is 0.400. The third-order valence-corrected chi connectivity index (χ3v) is 1.83. The molecule has 0 aromatic rings. The standard InChI is InChI=1S/C5H5N3O3S/c1-8-4(10)2(7-11)3(9)6-5(8)12/h2H,1H3,(H,6,9,12). The summed E-state index contributed by atoms with van der Waals surface area (Å²) in [6.45, 7) is 0. The molecule has 1 atom stereocenters. The molecule has 6 nitrogen and oxygen atoms in total. The molecule has 0 aliphatic carbocycles. The summed E-state index contributed by atoms with van der Waals surface area (Å²) in [7, 11) is 1.36. The number of carbonyl (C=O) groups excluding carboxylic acids is 2. The van der Waals surface area contributed by atoms with Gasteiger partial charge in [0.2, 0.25) is 6.04 Å². The van der Waals surface area contributed by atoms with Crippen molar-refractivity contribution in [3.05, 3.63) is 4.91 Å². The van der Waals surface area contributed by atoms with Crippen LogP contribution in [0.15, 0.2) is 5.18 Å². The van der Waals surface area contributed by atoms with Gasteiger partial charge in [-0.15, -0.1) is 4.91 Å². The molecule has 1 aliphatic heterocycles. The molecular formula is C5H5N3O3S. The van der Waals surface area contributed by atoms with E-state index in [4.69, 9.17) is 0 Å². The summed E-state index contributed by atoms with van der Waals surface area (Å²) in [5.74, 6) is -1.46. The molecule has 1 rings (SSSR count). The zero-order valence-electron chi connectivity index (χ0n) is 6.10. The van der Waals surface area contributed by atoms with E-state index < -0.39 is 17.9 Å². The second-order valence-electron chi connectivity index (χ2n) is 2.20. The smallest absolute Gasteiger partial charge is 0.266 e. The van der Waals surface area contributed by atoms with Crippen molar-refractivity contribution in [3.63, 3.8) is 0 Å². The van der Waals surface area contributed by atoms with Gasteiger partial charge in [0, 0.05) is 7.05 Å². The van der Waals surface area contributed by atoms with E-state index in [1.165, 1.54) is 7.05 Å². The number of hydrogen-bond acceptors (Lipinski definition) is 5. The van der Waals surface area contributed by atoms with Crippen LogP contribution in [0, 0.1) is 4.91 Å². The predicted molar refractivity (Wildman–Crippen MR) is 43.1 cm³/mol. The van der Waals surface area contributed by atoms with Gasteiger partial charge in [-0.3, -0.25) is 14.5 Å². The lowest BCUT2D eigenvalue weighted by molar-refractivity contribution is -0.136. The summed E-state index contributed by atoms with van der Waals surface area (Å²) >= 11 is 4.61. The average molecular weight is 187 g/mol. The van der Waals surface area contributed by atoms with Crippen molar-refractivity contribution in [1.82, 2.24) is 10.2 Å². The number of rotatable bonds is 1. The van der Waals surface area contributed by atoms with Crippen molar-refractivity contribution >= 4 is 29.1 Å². The van der Waals surface area contributed by atoms with Gasteiger partial charge in [-0.1, -0.05) is 0 Å². The molecule has 7 heteroatoms. The Labute approximate surface area is 72.9 Å². The van der Waals surface area contributed by atoms with Crippen molar-refractivity contribution in [2.24, 2.45) is 5.18 Å². The molecule has 1 saturated heterocycles. The summed E-state index contributed by atoms with van der Waals surface area (Å²) in [5.41, 5.74) is 0. The van der Waals surface area contributed by atoms with Crippen LogP contribution in [0.2, 0.25) is 0 Å². The first-order valence-electron chi connectivity index (χ1n) is 3.02. The van der Waals surface area contributed by atoms with E-state index in [-0.39, 0.29) is 5.11 Å². The second kappa shape index (κ2) is 2.94. The lowest BCUT2D eigenvalue weighted by Gasteiger charge is -2.25. The zero-order valence-corrected chi connectivity index (χ0v) is 6.92. The number of nitroso groups, excluding NO2 is 1. The molecule has 0 aromatic carbocycles. The highest BCUT2D eigenvalue weighted by molar-refractivity contribution is 7.80. The maximum Gasteiger partial charge on any atom is 0.266 e. The summed E-state index contributed by atoms with van der Waals surface area (Å²) in [6, 6.07) is -1.50. The lowest BCUT2D eigenvalue weighted by Crippen LogP contribution is -2.58. The number of likely N-dealkylation sites (N-methyl/N-ethyl adjacent to an activating group) is 1. The van der Waals surface area contributed by atoms with Gasteiger partial charge in [-0.05, 0) is 17.4 Å². The van der Waals surface area contributed by atoms with Crippen molar-refractivity contribution in [1.29, 1.82) is 0 Å². The molecular weight excluding hydrogens is 182 g/mol. The average Bonchev–Trinajstić information content (AvgIpc) is 2.01. The van der Waals surface area contributed by atoms with E-state index >= 15 is 0 Å². The lowest BCUT2D eigenvalue weighted by atomic mass is 10.2. The second-order valence-corrected chi connectivity index (χ2v) is 2.59. The van der Waals surface area contributed by atoms with Gasteiger partial charge in [0.25, 0.3) is 11.8 Å². The molecule has 1 N–H and O–H groups in total. The molecule has 0 aromatic heterocycles. The van der Waals surface area contributed by atoms with Crippen LogP contribution >= 0.6 is 12.2 Å². The molecule has 12 heavy (non-hydrogen) atoms. The molecule has 1 heterocycles. The fourth-order valence-corrected chi connectivity index (χ4v) is 0.937. The minimum atomic E-state index is -1.50. The number of hydrogen-bond donors (Lipinski definition) is 1. The Hall–Kier alpha value is -1.37. The van der Waals surface area contributed by atoms with Crippen LogP contribution in [-0.2, 0) is 9.59 Å². The SMILES string of the molecule is CN1C(=O)C(N=O)C(=O)NC1=S. The highest BCUT2D eigenvalue weighted by Gasteiger charge is 2.37. The van der Waals surface area contributed by atoms with Gasteiger partial charge in [0.1, 0.15) is 0 Å². The van der Waals surface area contributed by atoms with Crippen LogP contribution < -0.4 is 5.32 Å². The van der Waals surface area contributed by atoms with Gasteiger partial charge in [-0.25, -0.2) is 0 Å². The Kier molecular flexibility index (Phi) is 2.13. The normalized spacial score (nSPS) is 23.9. The Balaban J connectivity index is 2.94. The summed E-state index contributed by atoms with van der Waals surface area (Å²) < 4.78 is 0. The third kappa shape index (κ3) is 1.18. The summed E-state index contributed by atoms with van der Waals surface area (Å²) in [5, 5.41) is 4.54. The number of thiocarbonyl (C=S) groups is 1. The highest BCUT2D eigenvalue weighted by atomic mass is 32.1. The monoisotopic (exact) mass is 187 g/mol. The van der Waals surface area contributed by atoms with Crippen molar-refractivity contribution in [3.8, 4) is 0 Å². The van der Waals surface area contributed by atoms with Crippen molar-refractivity contribution < 1.29 is 9.59 Å². The Morgan fingerprint density at radius 2 is 2.17 bits per heavy atom. The summed E-state index contributed by atoms with van der Waals surface area (Å²) in [6.07, 6.45) is 0. The Morgan fingerprint density at radius 3 is 2.67 bits per heavy atom. The highest BCUT2D eigenvalue weighted by Crippen LogP contribution is 2.04. The van der Waals surface area contributed by atoms with Crippen LogP contribution in [0.4, 0.5) is 0 Å². The van der Waals surface area contributed by atoms with Gasteiger partial charge in [0.05, 0.1) is 0 Å². The fourth-order valence-electron chi connectivity index (χ4n) is 0.746. The van der Waals surface area contributed by atoms with Crippen LogP contribution in [0.1, 0.15) is 0 Å². The first kappa shape index (κ1) is 8.72. The van der Waals surface area contributed by atoms with Crippen LogP contribution in [-0.4, -0.2) is 34.9 Å². The molecule has 0 spiro atoms. The Bertz CT molecular complexity index is 277. The quantitative estimate of drug-likeness (QED) is 0.324. The van der Waals surface area contributed by atoms with Gasteiger partial charge < -0.3 is 5.32 Å². The van der Waals surface area contributed by atoms with Crippen LogP contribution in [0.5, 0.6) is 0 Å². The zero-order chi connectivity index (χ0) is 9.30. The van der Waals surface area contributed by atoms with Crippen LogP contribution in [0.3, 0.4) is 0 Å². The number of carbonyl (C=O) groups is 2. The topological polar surface area (TPSA) is 78.8 Å². The number of amides is 2. The van der Waals surface area contributed by atoms with Gasteiger partial charge in [-0.2, -0.15) is 0 Å². The van der Waals surface area contributed by atoms with E-state index in [2.05, 4.69) is 22.7 Å². The van der Waals surface area contributed by atoms with Gasteiger partial charge in [0.15, 0.2) is 5.11 Å². The van der Waals surface area contributed by atoms with E-state index in [9.17, 15) is 14.5 Å². The van der Waals surface area contributed by atoms with E-state index in [0.29, 0.717) is 0 Å². The molecule has 64 valence electrons. The maximum atomic E-state index is 11.1. The van der Waals surface area contributed by atoms with E-state index in [1.54, 1.807) is 0 Å². The number of nitrogens with one attached hydrogen (secondary N) is 1. The van der Waals surface area contributed by atoms with E-state index in [0.717, 1.165) is 4.90 Å². The molecule has 2 amide bonds. The molecule has 0 bridgehead atoms. The minimum Gasteiger partial charge on any atom is -0.300 e. The molecule has 0 saturated carbocycles. The third-order valence-electron chi connectivity index (χ3n) is 1.45. The first-order chi connectivity index (χ1) is 5.57. The number of nitrogens with zero attached hydrogens (tertiary/aromatic N) is 2. The van der Waals surface area contributed by atoms with Crippen LogP contribution in [0.25, 0.3) is 0 Å². The minimum absolute atomic E-state index is 0.00935. The molecule has 0 radical (unpaired) electrons. The molecule has 1 fully saturated rings. The summed E-state index contributed by atoms with van der Waals surface area (Å²) in [4.78, 5) is 32.9. The Morgan fingerprint density at radius 1 is 1.58 bits per heavy atom. The van der Waals surface area contributed by atoms with Crippen molar-refractivity contribution in [2.75, 3.05) is 7.05 Å². The largest absolute Gasteiger partial charge is 0.300 e. The molecule has 1 aliphatic rings. The van der Waals surface area contributed by atoms with Gasteiger partial charge >= 0.3 is 0 Å². The molecule has 1 unspecified atom stereocenters. The maximum absolute atomic E-state index is 11.1.